The first-order valence-electron chi connectivity index (χ1n) is 6.45. The van der Waals surface area contributed by atoms with Crippen molar-refractivity contribution in [3.05, 3.63) is 24.3 Å². The van der Waals surface area contributed by atoms with Gasteiger partial charge in [-0.25, -0.2) is 0 Å². The maximum absolute atomic E-state index is 9.95. The minimum atomic E-state index is -0.346. The Morgan fingerprint density at radius 1 is 1.50 bits per heavy atom. The summed E-state index contributed by atoms with van der Waals surface area (Å²) >= 11 is 0. The van der Waals surface area contributed by atoms with E-state index in [0.29, 0.717) is 19.1 Å². The Morgan fingerprint density at radius 2 is 2.28 bits per heavy atom. The highest BCUT2D eigenvalue weighted by Crippen LogP contribution is 2.20. The minimum Gasteiger partial charge on any atom is -0.497 e. The molecule has 1 aliphatic rings. The molecule has 1 aromatic rings. The van der Waals surface area contributed by atoms with Crippen molar-refractivity contribution in [3.8, 4) is 5.75 Å². The largest absolute Gasteiger partial charge is 0.497 e. The number of nitrogens with zero attached hydrogens (tertiary/aromatic N) is 1. The topological polar surface area (TPSA) is 44.7 Å². The Balaban J connectivity index is 1.82. The maximum Gasteiger partial charge on any atom is 0.120 e. The van der Waals surface area contributed by atoms with Crippen molar-refractivity contribution in [1.82, 2.24) is 5.32 Å². The molecular formula is C14H22N2O2. The van der Waals surface area contributed by atoms with Crippen LogP contribution in [0.2, 0.25) is 0 Å². The lowest BCUT2D eigenvalue weighted by Crippen LogP contribution is -2.37. The predicted octanol–water partition coefficient (Wildman–Crippen LogP) is 1.24. The third-order valence-electron chi connectivity index (χ3n) is 3.20. The molecule has 2 N–H and O–H groups in total. The summed E-state index contributed by atoms with van der Waals surface area (Å²) in [4.78, 5) is 2.04. The van der Waals surface area contributed by atoms with E-state index < -0.39 is 0 Å². The quantitative estimate of drug-likeness (QED) is 0.764. The molecule has 18 heavy (non-hydrogen) atoms. The van der Waals surface area contributed by atoms with Gasteiger partial charge in [0.15, 0.2) is 0 Å². The molecule has 1 fully saturated rings. The molecule has 1 aliphatic carbocycles. The zero-order valence-corrected chi connectivity index (χ0v) is 11.1. The van der Waals surface area contributed by atoms with E-state index in [1.807, 2.05) is 36.2 Å². The fourth-order valence-corrected chi connectivity index (χ4v) is 1.92. The van der Waals surface area contributed by atoms with Crippen LogP contribution in [0.4, 0.5) is 5.69 Å². The molecule has 4 nitrogen and oxygen atoms in total. The van der Waals surface area contributed by atoms with E-state index in [1.165, 1.54) is 12.8 Å². The van der Waals surface area contributed by atoms with Crippen molar-refractivity contribution in [2.75, 3.05) is 32.1 Å². The van der Waals surface area contributed by atoms with Crippen molar-refractivity contribution in [1.29, 1.82) is 0 Å². The third kappa shape index (κ3) is 3.89. The first-order chi connectivity index (χ1) is 8.69. The van der Waals surface area contributed by atoms with Gasteiger partial charge in [0.2, 0.25) is 0 Å². The lowest BCUT2D eigenvalue weighted by Gasteiger charge is -2.23. The van der Waals surface area contributed by atoms with E-state index in [1.54, 1.807) is 7.11 Å². The Bertz CT molecular complexity index is 380. The molecule has 2 rings (SSSR count). The summed E-state index contributed by atoms with van der Waals surface area (Å²) in [5.41, 5.74) is 1.06. The number of nitrogens with one attached hydrogen (secondary N) is 1. The number of ether oxygens (including phenoxy) is 1. The molecule has 0 aliphatic heterocycles. The smallest absolute Gasteiger partial charge is 0.120 e. The molecular weight excluding hydrogens is 228 g/mol. The van der Waals surface area contributed by atoms with Crippen LogP contribution in [0.25, 0.3) is 0 Å². The van der Waals surface area contributed by atoms with Crippen molar-refractivity contribution in [3.63, 3.8) is 0 Å². The van der Waals surface area contributed by atoms with Gasteiger partial charge in [-0.3, -0.25) is 0 Å². The Kier molecular flexibility index (Phi) is 4.44. The molecule has 1 atom stereocenters. The van der Waals surface area contributed by atoms with Gasteiger partial charge in [-0.1, -0.05) is 6.07 Å². The number of aliphatic hydroxyl groups excluding tert-OH is 1. The van der Waals surface area contributed by atoms with Crippen LogP contribution in [0.1, 0.15) is 12.8 Å². The van der Waals surface area contributed by atoms with E-state index in [2.05, 4.69) is 5.32 Å². The molecule has 0 bridgehead atoms. The molecule has 1 saturated carbocycles. The van der Waals surface area contributed by atoms with Gasteiger partial charge in [-0.2, -0.15) is 0 Å². The second kappa shape index (κ2) is 6.07. The number of likely N-dealkylation sites (N-methyl/N-ethyl adjacent to an activating group) is 1. The minimum absolute atomic E-state index is 0.346. The Morgan fingerprint density at radius 3 is 2.94 bits per heavy atom. The molecule has 4 heteroatoms. The van der Waals surface area contributed by atoms with Gasteiger partial charge in [0.05, 0.1) is 13.2 Å². The highest BCUT2D eigenvalue weighted by molar-refractivity contribution is 5.50. The zero-order valence-electron chi connectivity index (χ0n) is 11.1. The van der Waals surface area contributed by atoms with Gasteiger partial charge in [-0.05, 0) is 25.0 Å². The van der Waals surface area contributed by atoms with E-state index in [-0.39, 0.29) is 6.10 Å². The van der Waals surface area contributed by atoms with Crippen LogP contribution in [0.5, 0.6) is 5.75 Å². The number of hydrogen-bond donors (Lipinski definition) is 2. The van der Waals surface area contributed by atoms with Crippen LogP contribution in [0, 0.1) is 0 Å². The highest BCUT2D eigenvalue weighted by Gasteiger charge is 2.21. The monoisotopic (exact) mass is 250 g/mol. The second-order valence-corrected chi connectivity index (χ2v) is 4.92. The fourth-order valence-electron chi connectivity index (χ4n) is 1.92. The van der Waals surface area contributed by atoms with Crippen molar-refractivity contribution < 1.29 is 9.84 Å². The van der Waals surface area contributed by atoms with E-state index in [4.69, 9.17) is 4.74 Å². The maximum atomic E-state index is 9.95. The average Bonchev–Trinajstić information content (AvgIpc) is 3.20. The summed E-state index contributed by atoms with van der Waals surface area (Å²) < 4.78 is 5.20. The average molecular weight is 250 g/mol. The predicted molar refractivity (Wildman–Crippen MR) is 73.3 cm³/mol. The van der Waals surface area contributed by atoms with Gasteiger partial charge in [0.25, 0.3) is 0 Å². The molecule has 0 heterocycles. The molecule has 100 valence electrons. The van der Waals surface area contributed by atoms with Crippen molar-refractivity contribution in [2.24, 2.45) is 0 Å². The molecule has 0 spiro atoms. The summed E-state index contributed by atoms with van der Waals surface area (Å²) in [7, 11) is 3.64. The molecule has 0 amide bonds. The summed E-state index contributed by atoms with van der Waals surface area (Å²) in [6.45, 7) is 1.28. The zero-order chi connectivity index (χ0) is 13.0. The summed E-state index contributed by atoms with van der Waals surface area (Å²) in [6.07, 6.45) is 2.15. The third-order valence-corrected chi connectivity index (χ3v) is 3.20. The summed E-state index contributed by atoms with van der Waals surface area (Å²) in [5.74, 6) is 0.838. The second-order valence-electron chi connectivity index (χ2n) is 4.92. The number of benzene rings is 1. The summed E-state index contributed by atoms with van der Waals surface area (Å²) in [5, 5.41) is 13.3. The summed E-state index contributed by atoms with van der Waals surface area (Å²) in [6, 6.07) is 8.51. The number of methoxy groups -OCH3 is 1. The highest BCUT2D eigenvalue weighted by atomic mass is 16.5. The van der Waals surface area contributed by atoms with Gasteiger partial charge >= 0.3 is 0 Å². The van der Waals surface area contributed by atoms with Crippen LogP contribution in [0.3, 0.4) is 0 Å². The fraction of sp³-hybridized carbons (Fsp3) is 0.571. The molecule has 0 aromatic heterocycles. The lowest BCUT2D eigenvalue weighted by atomic mass is 10.2. The van der Waals surface area contributed by atoms with Crippen LogP contribution in [-0.2, 0) is 0 Å². The molecule has 0 radical (unpaired) electrons. The standard InChI is InChI=1S/C14H22N2O2/c1-16(10-13(17)9-15-11-6-7-11)12-4-3-5-14(8-12)18-2/h3-5,8,11,13,15,17H,6-7,9-10H2,1-2H3. The van der Waals surface area contributed by atoms with Crippen molar-refractivity contribution in [2.45, 2.75) is 25.0 Å². The molecule has 0 saturated heterocycles. The Labute approximate surface area is 109 Å². The SMILES string of the molecule is COc1cccc(N(C)CC(O)CNC2CC2)c1. The molecule has 1 unspecified atom stereocenters. The van der Waals surface area contributed by atoms with Crippen molar-refractivity contribution >= 4 is 5.69 Å². The van der Waals surface area contributed by atoms with Crippen LogP contribution < -0.4 is 15.0 Å². The van der Waals surface area contributed by atoms with E-state index in [9.17, 15) is 5.11 Å². The first-order valence-corrected chi connectivity index (χ1v) is 6.45. The number of hydrogen-bond acceptors (Lipinski definition) is 4. The lowest BCUT2D eigenvalue weighted by molar-refractivity contribution is 0.177. The number of aliphatic hydroxyl groups is 1. The van der Waals surface area contributed by atoms with Crippen LogP contribution in [0.15, 0.2) is 24.3 Å². The molecule has 1 aromatic carbocycles. The van der Waals surface area contributed by atoms with E-state index >= 15 is 0 Å². The number of rotatable bonds is 7. The normalized spacial score (nSPS) is 16.4. The van der Waals surface area contributed by atoms with Crippen LogP contribution >= 0.6 is 0 Å². The van der Waals surface area contributed by atoms with Gasteiger partial charge in [0, 0.05) is 37.9 Å². The van der Waals surface area contributed by atoms with Gasteiger partial charge in [-0.15, -0.1) is 0 Å². The van der Waals surface area contributed by atoms with Crippen LogP contribution in [-0.4, -0.2) is 44.5 Å². The first kappa shape index (κ1) is 13.2. The Hall–Kier alpha value is -1.26. The van der Waals surface area contributed by atoms with E-state index in [0.717, 1.165) is 11.4 Å². The van der Waals surface area contributed by atoms with Gasteiger partial charge < -0.3 is 20.1 Å². The number of anilines is 1. The van der Waals surface area contributed by atoms with Gasteiger partial charge in [0.1, 0.15) is 5.75 Å².